The maximum Gasteiger partial charge on any atom is 0.0420 e. The number of benzene rings is 1. The quantitative estimate of drug-likeness (QED) is 0.702. The number of nitrogens with zero attached hydrogens (tertiary/aromatic N) is 1. The average molecular weight is 213 g/mol. The van der Waals surface area contributed by atoms with E-state index < -0.39 is 0 Å². The van der Waals surface area contributed by atoms with Crippen LogP contribution in [0.25, 0.3) is 6.08 Å². The lowest BCUT2D eigenvalue weighted by molar-refractivity contribution is 0.644. The van der Waals surface area contributed by atoms with Gasteiger partial charge in [0, 0.05) is 12.3 Å². The summed E-state index contributed by atoms with van der Waals surface area (Å²) in [6.07, 6.45) is 8.22. The van der Waals surface area contributed by atoms with Crippen LogP contribution in [-0.4, -0.2) is 12.3 Å². The molecule has 0 radical (unpaired) electrons. The van der Waals surface area contributed by atoms with Gasteiger partial charge in [-0.25, -0.2) is 0 Å². The molecule has 0 bridgehead atoms. The monoisotopic (exact) mass is 213 g/mol. The molecule has 1 aromatic rings. The van der Waals surface area contributed by atoms with Crippen molar-refractivity contribution in [2.45, 2.75) is 32.1 Å². The average Bonchev–Trinajstić information content (AvgIpc) is 2.29. The van der Waals surface area contributed by atoms with Crippen molar-refractivity contribution in [3.63, 3.8) is 0 Å². The molecule has 0 fully saturated rings. The van der Waals surface area contributed by atoms with Gasteiger partial charge in [-0.1, -0.05) is 43.7 Å². The Morgan fingerprint density at radius 1 is 1.12 bits per heavy atom. The van der Waals surface area contributed by atoms with Crippen LogP contribution in [0.2, 0.25) is 0 Å². The molecule has 0 spiro atoms. The first-order chi connectivity index (χ1) is 7.90. The Kier molecular flexibility index (Phi) is 3.92. The first-order valence-electron chi connectivity index (χ1n) is 6.16. The second-order valence-corrected chi connectivity index (χ2v) is 4.32. The van der Waals surface area contributed by atoms with Gasteiger partial charge in [-0.2, -0.15) is 0 Å². The molecule has 1 heteroatoms. The van der Waals surface area contributed by atoms with Crippen molar-refractivity contribution in [1.82, 2.24) is 0 Å². The van der Waals surface area contributed by atoms with Gasteiger partial charge in [-0.15, -0.1) is 0 Å². The fourth-order valence-electron chi connectivity index (χ4n) is 2.13. The van der Waals surface area contributed by atoms with Crippen LogP contribution in [-0.2, 0) is 0 Å². The SMILES string of the molecule is C=Cc1cccc(C2=NCCCCCC2)c1. The molecule has 1 nitrogen and oxygen atoms in total. The summed E-state index contributed by atoms with van der Waals surface area (Å²) in [5.74, 6) is 0. The predicted octanol–water partition coefficient (Wildman–Crippen LogP) is 4.08. The Labute approximate surface area is 97.9 Å². The first kappa shape index (κ1) is 11.1. The highest BCUT2D eigenvalue weighted by Gasteiger charge is 2.06. The first-order valence-corrected chi connectivity index (χ1v) is 6.16. The Morgan fingerprint density at radius 3 is 2.88 bits per heavy atom. The highest BCUT2D eigenvalue weighted by molar-refractivity contribution is 6.01. The zero-order valence-electron chi connectivity index (χ0n) is 9.78. The number of hydrogen-bond donors (Lipinski definition) is 0. The Morgan fingerprint density at radius 2 is 2.00 bits per heavy atom. The molecule has 16 heavy (non-hydrogen) atoms. The summed E-state index contributed by atoms with van der Waals surface area (Å²) in [6, 6.07) is 8.52. The van der Waals surface area contributed by atoms with Crippen molar-refractivity contribution in [2.75, 3.05) is 6.54 Å². The van der Waals surface area contributed by atoms with Crippen LogP contribution < -0.4 is 0 Å². The number of aliphatic imine (C=N–C) groups is 1. The van der Waals surface area contributed by atoms with Crippen LogP contribution in [0, 0.1) is 0 Å². The molecule has 0 aromatic heterocycles. The molecular formula is C15H19N. The zero-order chi connectivity index (χ0) is 11.2. The summed E-state index contributed by atoms with van der Waals surface area (Å²) in [7, 11) is 0. The van der Waals surface area contributed by atoms with Crippen LogP contribution in [0.5, 0.6) is 0 Å². The molecule has 0 N–H and O–H groups in total. The second kappa shape index (κ2) is 5.64. The minimum atomic E-state index is 0.994. The lowest BCUT2D eigenvalue weighted by atomic mass is 10.00. The van der Waals surface area contributed by atoms with Gasteiger partial charge in [0.1, 0.15) is 0 Å². The van der Waals surface area contributed by atoms with Gasteiger partial charge in [-0.05, 0) is 36.5 Å². The van der Waals surface area contributed by atoms with Gasteiger partial charge in [0.05, 0.1) is 0 Å². The maximum absolute atomic E-state index is 4.71. The minimum absolute atomic E-state index is 0.994. The van der Waals surface area contributed by atoms with E-state index in [9.17, 15) is 0 Å². The number of hydrogen-bond acceptors (Lipinski definition) is 1. The standard InChI is InChI=1S/C15H19N/c1-2-13-8-7-9-14(12-13)15-10-5-3-4-6-11-16-15/h2,7-9,12H,1,3-6,10-11H2. The zero-order valence-corrected chi connectivity index (χ0v) is 9.78. The molecule has 0 saturated carbocycles. The van der Waals surface area contributed by atoms with Crippen molar-refractivity contribution in [2.24, 2.45) is 4.99 Å². The molecule has 84 valence electrons. The Hall–Kier alpha value is -1.37. The van der Waals surface area contributed by atoms with E-state index in [1.54, 1.807) is 0 Å². The van der Waals surface area contributed by atoms with Crippen molar-refractivity contribution >= 4 is 11.8 Å². The van der Waals surface area contributed by atoms with E-state index in [0.717, 1.165) is 13.0 Å². The Balaban J connectivity index is 2.23. The lowest BCUT2D eigenvalue weighted by Crippen LogP contribution is -2.05. The second-order valence-electron chi connectivity index (χ2n) is 4.32. The summed E-state index contributed by atoms with van der Waals surface area (Å²) in [5, 5.41) is 0. The molecule has 0 unspecified atom stereocenters. The van der Waals surface area contributed by atoms with E-state index in [-0.39, 0.29) is 0 Å². The fraction of sp³-hybridized carbons (Fsp3) is 0.400. The summed E-state index contributed by atoms with van der Waals surface area (Å²) >= 11 is 0. The van der Waals surface area contributed by atoms with E-state index in [4.69, 9.17) is 4.99 Å². The molecule has 0 amide bonds. The van der Waals surface area contributed by atoms with Gasteiger partial charge in [0.25, 0.3) is 0 Å². The molecule has 1 aromatic carbocycles. The van der Waals surface area contributed by atoms with Crippen LogP contribution in [0.15, 0.2) is 35.8 Å². The Bertz CT molecular complexity index is 390. The normalized spacial score (nSPS) is 17.1. The minimum Gasteiger partial charge on any atom is -0.289 e. The molecule has 1 heterocycles. The van der Waals surface area contributed by atoms with E-state index in [1.807, 2.05) is 6.08 Å². The van der Waals surface area contributed by atoms with Gasteiger partial charge < -0.3 is 0 Å². The van der Waals surface area contributed by atoms with Crippen LogP contribution >= 0.6 is 0 Å². The van der Waals surface area contributed by atoms with Crippen molar-refractivity contribution in [1.29, 1.82) is 0 Å². The molecule has 1 aliphatic heterocycles. The van der Waals surface area contributed by atoms with E-state index in [0.29, 0.717) is 0 Å². The van der Waals surface area contributed by atoms with Crippen LogP contribution in [0.4, 0.5) is 0 Å². The van der Waals surface area contributed by atoms with Gasteiger partial charge >= 0.3 is 0 Å². The number of rotatable bonds is 2. The topological polar surface area (TPSA) is 12.4 Å². The molecule has 0 saturated heterocycles. The predicted molar refractivity (Wildman–Crippen MR) is 71.0 cm³/mol. The summed E-state index contributed by atoms with van der Waals surface area (Å²) < 4.78 is 0. The summed E-state index contributed by atoms with van der Waals surface area (Å²) in [5.41, 5.74) is 3.74. The van der Waals surface area contributed by atoms with E-state index >= 15 is 0 Å². The van der Waals surface area contributed by atoms with Gasteiger partial charge in [-0.3, -0.25) is 4.99 Å². The van der Waals surface area contributed by atoms with Crippen molar-refractivity contribution in [3.05, 3.63) is 42.0 Å². The summed E-state index contributed by atoms with van der Waals surface area (Å²) in [4.78, 5) is 4.71. The van der Waals surface area contributed by atoms with Crippen LogP contribution in [0.3, 0.4) is 0 Å². The van der Waals surface area contributed by atoms with Gasteiger partial charge in [0.15, 0.2) is 0 Å². The maximum atomic E-state index is 4.71. The highest BCUT2D eigenvalue weighted by atomic mass is 14.7. The third-order valence-corrected chi connectivity index (χ3v) is 3.08. The van der Waals surface area contributed by atoms with Crippen molar-refractivity contribution < 1.29 is 0 Å². The van der Waals surface area contributed by atoms with Crippen LogP contribution in [0.1, 0.15) is 43.2 Å². The lowest BCUT2D eigenvalue weighted by Gasteiger charge is -2.11. The molecule has 2 rings (SSSR count). The smallest absolute Gasteiger partial charge is 0.0420 e. The van der Waals surface area contributed by atoms with E-state index in [1.165, 1.54) is 42.5 Å². The third kappa shape index (κ3) is 2.82. The van der Waals surface area contributed by atoms with Crippen molar-refractivity contribution in [3.8, 4) is 0 Å². The van der Waals surface area contributed by atoms with Gasteiger partial charge in [0.2, 0.25) is 0 Å². The molecule has 0 aliphatic carbocycles. The molecule has 0 atom stereocenters. The third-order valence-electron chi connectivity index (χ3n) is 3.08. The fourth-order valence-corrected chi connectivity index (χ4v) is 2.13. The highest BCUT2D eigenvalue weighted by Crippen LogP contribution is 2.15. The molecular weight excluding hydrogens is 194 g/mol. The van der Waals surface area contributed by atoms with E-state index in [2.05, 4.69) is 30.8 Å². The largest absolute Gasteiger partial charge is 0.289 e. The summed E-state index contributed by atoms with van der Waals surface area (Å²) in [6.45, 7) is 4.80. The molecule has 1 aliphatic rings.